The molecule has 0 saturated heterocycles. The number of esters is 3. The summed E-state index contributed by atoms with van der Waals surface area (Å²) >= 11 is 0. The van der Waals surface area contributed by atoms with Crippen molar-refractivity contribution in [3.05, 3.63) is 72.9 Å². The lowest BCUT2D eigenvalue weighted by Gasteiger charge is -2.18. The molecule has 0 rings (SSSR count). The van der Waals surface area contributed by atoms with Crippen LogP contribution < -0.4 is 0 Å². The Bertz CT molecular complexity index is 1440. The predicted molar refractivity (Wildman–Crippen MR) is 339 cm³/mol. The highest BCUT2D eigenvalue weighted by molar-refractivity contribution is 5.71. The van der Waals surface area contributed by atoms with Crippen LogP contribution in [0.4, 0.5) is 0 Å². The molecule has 0 aromatic rings. The van der Waals surface area contributed by atoms with Gasteiger partial charge in [-0.25, -0.2) is 0 Å². The summed E-state index contributed by atoms with van der Waals surface area (Å²) in [5, 5.41) is 0. The molecule has 0 heterocycles. The molecule has 452 valence electrons. The molecular formula is C72H128O6. The molecule has 0 spiro atoms. The van der Waals surface area contributed by atoms with E-state index in [0.717, 1.165) is 103 Å². The van der Waals surface area contributed by atoms with Gasteiger partial charge in [0.25, 0.3) is 0 Å². The number of carbonyl (C=O) groups excluding carboxylic acids is 3. The van der Waals surface area contributed by atoms with Gasteiger partial charge in [0.05, 0.1) is 0 Å². The van der Waals surface area contributed by atoms with Gasteiger partial charge in [-0.2, -0.15) is 0 Å². The highest BCUT2D eigenvalue weighted by Crippen LogP contribution is 2.18. The third kappa shape index (κ3) is 63.7. The highest BCUT2D eigenvalue weighted by Gasteiger charge is 2.19. The first kappa shape index (κ1) is 74.8. The molecule has 0 aliphatic carbocycles. The van der Waals surface area contributed by atoms with Crippen LogP contribution in [0.3, 0.4) is 0 Å². The van der Waals surface area contributed by atoms with E-state index < -0.39 is 6.10 Å². The van der Waals surface area contributed by atoms with E-state index in [1.54, 1.807) is 0 Å². The SMILES string of the molecule is CC/C=C\C/C=C\C/C=C\C/C=C\CCCCCCCCCCCCCCC(=O)OCC(COC(=O)CCCCCCC/C=C\C/C=C\CCCC)OC(=O)CCCCCCCCCCCCCCCCCCCCCCC. The Morgan fingerprint density at radius 3 is 0.821 bits per heavy atom. The maximum absolute atomic E-state index is 12.9. The lowest BCUT2D eigenvalue weighted by atomic mass is 10.0. The van der Waals surface area contributed by atoms with Crippen LogP contribution in [-0.4, -0.2) is 37.2 Å². The summed E-state index contributed by atoms with van der Waals surface area (Å²) < 4.78 is 17.0. The van der Waals surface area contributed by atoms with Crippen molar-refractivity contribution in [3.8, 4) is 0 Å². The van der Waals surface area contributed by atoms with Crippen LogP contribution in [0.1, 0.15) is 348 Å². The van der Waals surface area contributed by atoms with Crippen molar-refractivity contribution in [2.24, 2.45) is 0 Å². The van der Waals surface area contributed by atoms with Gasteiger partial charge in [0.2, 0.25) is 0 Å². The Balaban J connectivity index is 4.29. The molecule has 1 unspecified atom stereocenters. The Morgan fingerprint density at radius 1 is 0.269 bits per heavy atom. The Kier molecular flexibility index (Phi) is 63.7. The third-order valence-corrected chi connectivity index (χ3v) is 14.9. The van der Waals surface area contributed by atoms with Gasteiger partial charge in [0.15, 0.2) is 6.10 Å². The first-order chi connectivity index (χ1) is 38.5. The van der Waals surface area contributed by atoms with Crippen LogP contribution in [0.2, 0.25) is 0 Å². The summed E-state index contributed by atoms with van der Waals surface area (Å²) in [5.74, 6) is -0.873. The van der Waals surface area contributed by atoms with Crippen molar-refractivity contribution in [2.75, 3.05) is 13.2 Å². The molecule has 78 heavy (non-hydrogen) atoms. The van der Waals surface area contributed by atoms with Crippen LogP contribution >= 0.6 is 0 Å². The van der Waals surface area contributed by atoms with Gasteiger partial charge in [-0.1, -0.05) is 318 Å². The lowest BCUT2D eigenvalue weighted by Crippen LogP contribution is -2.30. The molecule has 0 aliphatic heterocycles. The second kappa shape index (κ2) is 66.4. The van der Waals surface area contributed by atoms with Crippen LogP contribution in [-0.2, 0) is 28.6 Å². The number of carbonyl (C=O) groups is 3. The number of ether oxygens (including phenoxy) is 3. The predicted octanol–water partition coefficient (Wildman–Crippen LogP) is 23.3. The molecule has 0 aliphatic rings. The van der Waals surface area contributed by atoms with E-state index in [0.29, 0.717) is 19.3 Å². The van der Waals surface area contributed by atoms with E-state index in [-0.39, 0.29) is 31.1 Å². The Morgan fingerprint density at radius 2 is 0.513 bits per heavy atom. The van der Waals surface area contributed by atoms with Crippen molar-refractivity contribution in [1.29, 1.82) is 0 Å². The van der Waals surface area contributed by atoms with Crippen LogP contribution in [0.5, 0.6) is 0 Å². The first-order valence-electron chi connectivity index (χ1n) is 33.9. The van der Waals surface area contributed by atoms with E-state index in [1.807, 2.05) is 0 Å². The minimum atomic E-state index is -0.781. The minimum Gasteiger partial charge on any atom is -0.462 e. The van der Waals surface area contributed by atoms with E-state index in [9.17, 15) is 14.4 Å². The highest BCUT2D eigenvalue weighted by atomic mass is 16.6. The average molecular weight is 1090 g/mol. The smallest absolute Gasteiger partial charge is 0.306 e. The molecule has 6 heteroatoms. The molecule has 0 aromatic heterocycles. The molecule has 1 atom stereocenters. The molecular weight excluding hydrogens is 961 g/mol. The fraction of sp³-hybridized carbons (Fsp3) is 0.792. The Labute approximate surface area is 484 Å². The van der Waals surface area contributed by atoms with Gasteiger partial charge in [-0.15, -0.1) is 0 Å². The third-order valence-electron chi connectivity index (χ3n) is 14.9. The molecule has 0 radical (unpaired) electrons. The van der Waals surface area contributed by atoms with Crippen LogP contribution in [0.25, 0.3) is 0 Å². The van der Waals surface area contributed by atoms with E-state index >= 15 is 0 Å². The van der Waals surface area contributed by atoms with Crippen LogP contribution in [0.15, 0.2) is 72.9 Å². The van der Waals surface area contributed by atoms with E-state index in [2.05, 4.69) is 93.7 Å². The van der Waals surface area contributed by atoms with Gasteiger partial charge >= 0.3 is 17.9 Å². The van der Waals surface area contributed by atoms with E-state index in [1.165, 1.54) is 205 Å². The molecule has 0 amide bonds. The van der Waals surface area contributed by atoms with Crippen molar-refractivity contribution >= 4 is 17.9 Å². The second-order valence-electron chi connectivity index (χ2n) is 22.7. The van der Waals surface area contributed by atoms with Crippen molar-refractivity contribution in [2.45, 2.75) is 354 Å². The molecule has 0 fully saturated rings. The number of hydrogen-bond acceptors (Lipinski definition) is 6. The second-order valence-corrected chi connectivity index (χ2v) is 22.7. The lowest BCUT2D eigenvalue weighted by molar-refractivity contribution is -0.167. The maximum atomic E-state index is 12.9. The van der Waals surface area contributed by atoms with Crippen LogP contribution in [0, 0.1) is 0 Å². The number of unbranched alkanes of at least 4 members (excludes halogenated alkanes) is 39. The van der Waals surface area contributed by atoms with Gasteiger partial charge in [-0.05, 0) is 83.5 Å². The molecule has 0 saturated carbocycles. The molecule has 0 aromatic carbocycles. The topological polar surface area (TPSA) is 78.9 Å². The number of allylic oxidation sites excluding steroid dienone is 12. The minimum absolute atomic E-state index is 0.0773. The van der Waals surface area contributed by atoms with E-state index in [4.69, 9.17) is 14.2 Å². The van der Waals surface area contributed by atoms with Gasteiger partial charge in [0, 0.05) is 19.3 Å². The quantitative estimate of drug-likeness (QED) is 0.0261. The monoisotopic (exact) mass is 1090 g/mol. The zero-order valence-corrected chi connectivity index (χ0v) is 51.9. The molecule has 0 bridgehead atoms. The van der Waals surface area contributed by atoms with Crippen molar-refractivity contribution in [3.63, 3.8) is 0 Å². The largest absolute Gasteiger partial charge is 0.462 e. The first-order valence-corrected chi connectivity index (χ1v) is 33.9. The van der Waals surface area contributed by atoms with Gasteiger partial charge in [0.1, 0.15) is 13.2 Å². The normalized spacial score (nSPS) is 12.5. The average Bonchev–Trinajstić information content (AvgIpc) is 3.44. The van der Waals surface area contributed by atoms with Gasteiger partial charge in [-0.3, -0.25) is 14.4 Å². The molecule has 0 N–H and O–H groups in total. The fourth-order valence-corrected chi connectivity index (χ4v) is 9.87. The summed E-state index contributed by atoms with van der Waals surface area (Å²) in [5.41, 5.74) is 0. The number of rotatable bonds is 62. The summed E-state index contributed by atoms with van der Waals surface area (Å²) in [7, 11) is 0. The summed E-state index contributed by atoms with van der Waals surface area (Å²) in [6, 6.07) is 0. The fourth-order valence-electron chi connectivity index (χ4n) is 9.87. The summed E-state index contributed by atoms with van der Waals surface area (Å²) in [6.45, 7) is 6.53. The molecule has 6 nitrogen and oxygen atoms in total. The summed E-state index contributed by atoms with van der Waals surface area (Å²) in [6.07, 6.45) is 86.3. The zero-order chi connectivity index (χ0) is 56.4. The van der Waals surface area contributed by atoms with Gasteiger partial charge < -0.3 is 14.2 Å². The zero-order valence-electron chi connectivity index (χ0n) is 51.9. The summed E-state index contributed by atoms with van der Waals surface area (Å²) in [4.78, 5) is 38.4. The Hall–Kier alpha value is -3.15. The number of hydrogen-bond donors (Lipinski definition) is 0. The van der Waals surface area contributed by atoms with Crippen molar-refractivity contribution < 1.29 is 28.6 Å². The standard InChI is InChI=1S/C72H128O6/c1-4-7-10-13-16-19-22-25-28-30-32-34-35-36-37-39-40-42-44-47-50-53-56-59-62-65-71(74)77-68-69(67-76-70(73)64-61-58-55-52-49-46-27-24-21-18-15-12-9-6-3)78-72(75)66-63-60-57-54-51-48-45-43-41-38-33-31-29-26-23-20-17-14-11-8-5-2/h7,10,15-16,18-19,24-25,27-28,32,34,69H,4-6,8-9,11-14,17,20-23,26,29-31,33,35-68H2,1-3H3/b10-7-,18-15-,19-16-,27-24-,28-25-,34-32-. The maximum Gasteiger partial charge on any atom is 0.306 e. The van der Waals surface area contributed by atoms with Crippen molar-refractivity contribution in [1.82, 2.24) is 0 Å².